The molecule has 0 aliphatic rings. The lowest BCUT2D eigenvalue weighted by Crippen LogP contribution is -2.11. The molecular formula is C13H17N3O. The van der Waals surface area contributed by atoms with Crippen LogP contribution in [0.2, 0.25) is 0 Å². The molecule has 0 radical (unpaired) electrons. The Balaban J connectivity index is 2.65. The van der Waals surface area contributed by atoms with Gasteiger partial charge in [0.1, 0.15) is 11.6 Å². The topological polar surface area (TPSA) is 60.2 Å². The summed E-state index contributed by atoms with van der Waals surface area (Å²) in [5.74, 6) is 7.43. The number of methoxy groups -OCH3 is 1. The van der Waals surface area contributed by atoms with Gasteiger partial charge in [-0.05, 0) is 35.7 Å². The Bertz CT molecular complexity index is 537. The predicted octanol–water partition coefficient (Wildman–Crippen LogP) is 2.65. The maximum atomic E-state index is 5.50. The van der Waals surface area contributed by atoms with Crippen molar-refractivity contribution in [3.63, 3.8) is 0 Å². The third-order valence-electron chi connectivity index (χ3n) is 2.81. The van der Waals surface area contributed by atoms with Crippen molar-refractivity contribution < 1.29 is 4.74 Å². The van der Waals surface area contributed by atoms with E-state index in [1.807, 2.05) is 18.2 Å². The van der Waals surface area contributed by atoms with Crippen LogP contribution >= 0.6 is 0 Å². The molecule has 2 rings (SSSR count). The standard InChI is InChI=1S/C13H17N3O/c1-8(2)11-7-9-6-10(17-3)4-5-12(9)15-13(11)16-14/h4-8H,14H2,1-3H3,(H,15,16). The number of aromatic nitrogens is 1. The van der Waals surface area contributed by atoms with E-state index in [4.69, 9.17) is 10.6 Å². The van der Waals surface area contributed by atoms with Crippen LogP contribution in [0.3, 0.4) is 0 Å². The summed E-state index contributed by atoms with van der Waals surface area (Å²) in [7, 11) is 1.66. The van der Waals surface area contributed by atoms with Gasteiger partial charge in [-0.25, -0.2) is 10.8 Å². The SMILES string of the molecule is COc1ccc2nc(NN)c(C(C)C)cc2c1. The van der Waals surface area contributed by atoms with Crippen molar-refractivity contribution >= 4 is 16.7 Å². The number of benzene rings is 1. The summed E-state index contributed by atoms with van der Waals surface area (Å²) in [5.41, 5.74) is 4.67. The van der Waals surface area contributed by atoms with Crippen LogP contribution in [0, 0.1) is 0 Å². The summed E-state index contributed by atoms with van der Waals surface area (Å²) in [4.78, 5) is 4.50. The van der Waals surface area contributed by atoms with Gasteiger partial charge in [0.15, 0.2) is 0 Å². The van der Waals surface area contributed by atoms with E-state index >= 15 is 0 Å². The highest BCUT2D eigenvalue weighted by atomic mass is 16.5. The summed E-state index contributed by atoms with van der Waals surface area (Å²) in [5, 5.41) is 1.06. The van der Waals surface area contributed by atoms with Crippen molar-refractivity contribution in [3.8, 4) is 5.75 Å². The minimum atomic E-state index is 0.365. The molecule has 1 aromatic heterocycles. The van der Waals surface area contributed by atoms with E-state index in [9.17, 15) is 0 Å². The Kier molecular flexibility index (Phi) is 3.15. The van der Waals surface area contributed by atoms with Crippen molar-refractivity contribution in [1.82, 2.24) is 4.98 Å². The first-order valence-corrected chi connectivity index (χ1v) is 5.61. The molecule has 3 N–H and O–H groups in total. The van der Waals surface area contributed by atoms with Gasteiger partial charge in [-0.1, -0.05) is 13.8 Å². The molecule has 0 aliphatic carbocycles. The highest BCUT2D eigenvalue weighted by Gasteiger charge is 2.09. The molecule has 90 valence electrons. The second kappa shape index (κ2) is 4.59. The molecule has 2 aromatic rings. The van der Waals surface area contributed by atoms with Crippen LogP contribution in [0.5, 0.6) is 5.75 Å². The smallest absolute Gasteiger partial charge is 0.144 e. The number of anilines is 1. The lowest BCUT2D eigenvalue weighted by Gasteiger charge is -2.13. The largest absolute Gasteiger partial charge is 0.497 e. The third kappa shape index (κ3) is 2.17. The number of pyridine rings is 1. The Morgan fingerprint density at radius 1 is 1.29 bits per heavy atom. The van der Waals surface area contributed by atoms with Crippen molar-refractivity contribution in [3.05, 3.63) is 29.8 Å². The maximum absolute atomic E-state index is 5.50. The Morgan fingerprint density at radius 2 is 2.06 bits per heavy atom. The molecule has 0 bridgehead atoms. The maximum Gasteiger partial charge on any atom is 0.144 e. The number of hydrazine groups is 1. The fourth-order valence-electron chi connectivity index (χ4n) is 1.85. The Labute approximate surface area is 101 Å². The molecule has 0 aliphatic heterocycles. The molecule has 0 amide bonds. The summed E-state index contributed by atoms with van der Waals surface area (Å²) in [6.45, 7) is 4.23. The molecular weight excluding hydrogens is 214 g/mol. The number of nitrogen functional groups attached to an aromatic ring is 1. The van der Waals surface area contributed by atoms with Crippen molar-refractivity contribution in [2.24, 2.45) is 5.84 Å². The zero-order chi connectivity index (χ0) is 12.4. The second-order valence-corrected chi connectivity index (χ2v) is 4.28. The highest BCUT2D eigenvalue weighted by molar-refractivity contribution is 5.83. The first kappa shape index (κ1) is 11.7. The van der Waals surface area contributed by atoms with E-state index in [2.05, 4.69) is 30.3 Å². The minimum absolute atomic E-state index is 0.365. The van der Waals surface area contributed by atoms with Gasteiger partial charge in [0.05, 0.1) is 12.6 Å². The summed E-state index contributed by atoms with van der Waals surface area (Å²) in [6.07, 6.45) is 0. The molecule has 1 heterocycles. The average molecular weight is 231 g/mol. The van der Waals surface area contributed by atoms with Crippen molar-refractivity contribution in [1.29, 1.82) is 0 Å². The molecule has 0 spiro atoms. The fourth-order valence-corrected chi connectivity index (χ4v) is 1.85. The number of nitrogens with two attached hydrogens (primary N) is 1. The van der Waals surface area contributed by atoms with Gasteiger partial charge in [-0.3, -0.25) is 0 Å². The van der Waals surface area contributed by atoms with Gasteiger partial charge >= 0.3 is 0 Å². The van der Waals surface area contributed by atoms with Gasteiger partial charge in [-0.2, -0.15) is 0 Å². The summed E-state index contributed by atoms with van der Waals surface area (Å²) >= 11 is 0. The molecule has 0 saturated carbocycles. The van der Waals surface area contributed by atoms with Crippen LogP contribution in [0.4, 0.5) is 5.82 Å². The second-order valence-electron chi connectivity index (χ2n) is 4.28. The van der Waals surface area contributed by atoms with E-state index in [-0.39, 0.29) is 0 Å². The summed E-state index contributed by atoms with van der Waals surface area (Å²) < 4.78 is 5.21. The van der Waals surface area contributed by atoms with E-state index < -0.39 is 0 Å². The molecule has 0 atom stereocenters. The van der Waals surface area contributed by atoms with E-state index in [0.29, 0.717) is 5.92 Å². The molecule has 0 fully saturated rings. The number of nitrogens with zero attached hydrogens (tertiary/aromatic N) is 1. The lowest BCUT2D eigenvalue weighted by atomic mass is 10.0. The van der Waals surface area contributed by atoms with Gasteiger partial charge in [-0.15, -0.1) is 0 Å². The number of ether oxygens (including phenoxy) is 1. The Hall–Kier alpha value is -1.81. The summed E-state index contributed by atoms with van der Waals surface area (Å²) in [6, 6.07) is 7.91. The quantitative estimate of drug-likeness (QED) is 0.629. The number of fused-ring (bicyclic) bond motifs is 1. The lowest BCUT2D eigenvalue weighted by molar-refractivity contribution is 0.415. The first-order chi connectivity index (χ1) is 8.15. The molecule has 0 saturated heterocycles. The fraction of sp³-hybridized carbons (Fsp3) is 0.308. The van der Waals surface area contributed by atoms with Crippen LogP contribution in [-0.4, -0.2) is 12.1 Å². The van der Waals surface area contributed by atoms with Crippen molar-refractivity contribution in [2.75, 3.05) is 12.5 Å². The van der Waals surface area contributed by atoms with Gasteiger partial charge in [0, 0.05) is 5.39 Å². The van der Waals surface area contributed by atoms with Gasteiger partial charge in [0.2, 0.25) is 0 Å². The van der Waals surface area contributed by atoms with Crippen LogP contribution in [0.1, 0.15) is 25.3 Å². The number of nitrogens with one attached hydrogen (secondary N) is 1. The normalized spacial score (nSPS) is 10.9. The van der Waals surface area contributed by atoms with Crippen molar-refractivity contribution in [2.45, 2.75) is 19.8 Å². The number of hydrogen-bond donors (Lipinski definition) is 2. The average Bonchev–Trinajstić information content (AvgIpc) is 2.36. The number of rotatable bonds is 3. The predicted molar refractivity (Wildman–Crippen MR) is 70.2 cm³/mol. The molecule has 17 heavy (non-hydrogen) atoms. The van der Waals surface area contributed by atoms with Crippen LogP contribution in [0.25, 0.3) is 10.9 Å². The molecule has 4 nitrogen and oxygen atoms in total. The molecule has 1 aromatic carbocycles. The zero-order valence-electron chi connectivity index (χ0n) is 10.3. The molecule has 4 heteroatoms. The highest BCUT2D eigenvalue weighted by Crippen LogP contribution is 2.28. The van der Waals surface area contributed by atoms with Gasteiger partial charge < -0.3 is 10.2 Å². The van der Waals surface area contributed by atoms with Gasteiger partial charge in [0.25, 0.3) is 0 Å². The Morgan fingerprint density at radius 3 is 2.65 bits per heavy atom. The van der Waals surface area contributed by atoms with E-state index in [0.717, 1.165) is 28.0 Å². The third-order valence-corrected chi connectivity index (χ3v) is 2.81. The first-order valence-electron chi connectivity index (χ1n) is 5.61. The molecule has 0 unspecified atom stereocenters. The monoisotopic (exact) mass is 231 g/mol. The van der Waals surface area contributed by atoms with E-state index in [1.165, 1.54) is 0 Å². The number of hydrogen-bond acceptors (Lipinski definition) is 4. The van der Waals surface area contributed by atoms with Crippen LogP contribution in [0.15, 0.2) is 24.3 Å². The van der Waals surface area contributed by atoms with E-state index in [1.54, 1.807) is 7.11 Å². The minimum Gasteiger partial charge on any atom is -0.497 e. The zero-order valence-corrected chi connectivity index (χ0v) is 10.3. The van der Waals surface area contributed by atoms with Crippen LogP contribution in [-0.2, 0) is 0 Å². The van der Waals surface area contributed by atoms with Crippen LogP contribution < -0.4 is 16.0 Å².